The van der Waals surface area contributed by atoms with Crippen LogP contribution in [0, 0.1) is 5.92 Å². The Morgan fingerprint density at radius 3 is 2.40 bits per heavy atom. The lowest BCUT2D eigenvalue weighted by Crippen LogP contribution is -2.49. The Balaban J connectivity index is 2.56. The number of morpholine rings is 1. The van der Waals surface area contributed by atoms with Gasteiger partial charge in [-0.3, -0.25) is 4.79 Å². The highest BCUT2D eigenvalue weighted by Crippen LogP contribution is 2.26. The SMILES string of the molecule is CC(C)CC(F)(F)C(=O)N1CCOCC1. The molecule has 1 saturated heterocycles. The lowest BCUT2D eigenvalue weighted by Gasteiger charge is -2.30. The quantitative estimate of drug-likeness (QED) is 0.723. The Morgan fingerprint density at radius 1 is 1.40 bits per heavy atom. The molecule has 3 nitrogen and oxygen atoms in total. The monoisotopic (exact) mass is 221 g/mol. The van der Waals surface area contributed by atoms with E-state index in [1.807, 2.05) is 0 Å². The lowest BCUT2D eigenvalue weighted by atomic mass is 10.0. The minimum atomic E-state index is -3.23. The standard InChI is InChI=1S/C10H17F2NO2/c1-8(2)7-10(11,12)9(14)13-3-5-15-6-4-13/h8H,3-7H2,1-2H3. The van der Waals surface area contributed by atoms with Crippen molar-refractivity contribution in [2.45, 2.75) is 26.2 Å². The van der Waals surface area contributed by atoms with Crippen molar-refractivity contribution in [1.82, 2.24) is 4.90 Å². The summed E-state index contributed by atoms with van der Waals surface area (Å²) < 4.78 is 31.8. The van der Waals surface area contributed by atoms with Gasteiger partial charge in [0.05, 0.1) is 13.2 Å². The minimum absolute atomic E-state index is 0.190. The predicted molar refractivity (Wildman–Crippen MR) is 51.8 cm³/mol. The van der Waals surface area contributed by atoms with Crippen molar-refractivity contribution in [1.29, 1.82) is 0 Å². The number of nitrogens with zero attached hydrogens (tertiary/aromatic N) is 1. The van der Waals surface area contributed by atoms with Crippen LogP contribution in [0.2, 0.25) is 0 Å². The molecule has 1 heterocycles. The Kier molecular flexibility index (Phi) is 4.02. The van der Waals surface area contributed by atoms with E-state index in [1.165, 1.54) is 4.90 Å². The molecule has 1 amide bonds. The Bertz CT molecular complexity index is 225. The molecule has 0 radical (unpaired) electrons. The van der Waals surface area contributed by atoms with E-state index >= 15 is 0 Å². The second kappa shape index (κ2) is 4.88. The number of hydrogen-bond acceptors (Lipinski definition) is 2. The van der Waals surface area contributed by atoms with Crippen molar-refractivity contribution in [3.63, 3.8) is 0 Å². The highest BCUT2D eigenvalue weighted by Gasteiger charge is 2.42. The number of ether oxygens (including phenoxy) is 1. The lowest BCUT2D eigenvalue weighted by molar-refractivity contribution is -0.163. The molecular formula is C10H17F2NO2. The molecule has 1 rings (SSSR count). The summed E-state index contributed by atoms with van der Waals surface area (Å²) >= 11 is 0. The third-order valence-electron chi connectivity index (χ3n) is 2.28. The van der Waals surface area contributed by atoms with Crippen molar-refractivity contribution >= 4 is 5.91 Å². The summed E-state index contributed by atoms with van der Waals surface area (Å²) in [4.78, 5) is 12.7. The topological polar surface area (TPSA) is 29.5 Å². The third kappa shape index (κ3) is 3.41. The van der Waals surface area contributed by atoms with Crippen LogP contribution in [-0.4, -0.2) is 43.0 Å². The van der Waals surface area contributed by atoms with Crippen LogP contribution in [0.15, 0.2) is 0 Å². The minimum Gasteiger partial charge on any atom is -0.378 e. The molecule has 1 aliphatic rings. The van der Waals surface area contributed by atoms with E-state index in [-0.39, 0.29) is 25.4 Å². The van der Waals surface area contributed by atoms with Gasteiger partial charge < -0.3 is 9.64 Å². The van der Waals surface area contributed by atoms with Gasteiger partial charge in [-0.2, -0.15) is 8.78 Å². The normalized spacial score (nSPS) is 18.3. The van der Waals surface area contributed by atoms with Crippen LogP contribution in [0.4, 0.5) is 8.78 Å². The van der Waals surface area contributed by atoms with E-state index in [0.717, 1.165) is 0 Å². The molecule has 0 spiro atoms. The third-order valence-corrected chi connectivity index (χ3v) is 2.28. The molecule has 0 atom stereocenters. The van der Waals surface area contributed by atoms with E-state index in [1.54, 1.807) is 13.8 Å². The molecule has 0 aromatic heterocycles. The summed E-state index contributed by atoms with van der Waals surface area (Å²) in [6.45, 7) is 4.60. The zero-order valence-electron chi connectivity index (χ0n) is 9.13. The average Bonchev–Trinajstić information content (AvgIpc) is 2.16. The Morgan fingerprint density at radius 2 is 1.93 bits per heavy atom. The number of carbonyl (C=O) groups excluding carboxylic acids is 1. The Labute approximate surface area is 88.4 Å². The number of hydrogen-bond donors (Lipinski definition) is 0. The number of carbonyl (C=O) groups is 1. The van der Waals surface area contributed by atoms with Crippen LogP contribution >= 0.6 is 0 Å². The fourth-order valence-corrected chi connectivity index (χ4v) is 1.60. The van der Waals surface area contributed by atoms with Crippen LogP contribution in [0.1, 0.15) is 20.3 Å². The van der Waals surface area contributed by atoms with Crippen molar-refractivity contribution in [3.8, 4) is 0 Å². The molecule has 1 fully saturated rings. The molecular weight excluding hydrogens is 204 g/mol. The van der Waals surface area contributed by atoms with Gasteiger partial charge in [0.25, 0.3) is 5.91 Å². The molecule has 0 aromatic carbocycles. The smallest absolute Gasteiger partial charge is 0.325 e. The van der Waals surface area contributed by atoms with Crippen LogP contribution < -0.4 is 0 Å². The molecule has 0 N–H and O–H groups in total. The summed E-state index contributed by atoms with van der Waals surface area (Å²) in [6, 6.07) is 0. The summed E-state index contributed by atoms with van der Waals surface area (Å²) in [5.41, 5.74) is 0. The first kappa shape index (κ1) is 12.4. The molecule has 1 aliphatic heterocycles. The first-order valence-electron chi connectivity index (χ1n) is 5.18. The second-order valence-corrected chi connectivity index (χ2v) is 4.21. The molecule has 88 valence electrons. The van der Waals surface area contributed by atoms with E-state index in [4.69, 9.17) is 4.74 Å². The van der Waals surface area contributed by atoms with Crippen molar-refractivity contribution in [3.05, 3.63) is 0 Å². The fourth-order valence-electron chi connectivity index (χ4n) is 1.60. The van der Waals surface area contributed by atoms with E-state index in [9.17, 15) is 13.6 Å². The summed E-state index contributed by atoms with van der Waals surface area (Å²) in [5, 5.41) is 0. The Hall–Kier alpha value is -0.710. The van der Waals surface area contributed by atoms with Gasteiger partial charge in [-0.1, -0.05) is 13.8 Å². The van der Waals surface area contributed by atoms with Gasteiger partial charge in [0.15, 0.2) is 0 Å². The van der Waals surface area contributed by atoms with E-state index in [2.05, 4.69) is 0 Å². The van der Waals surface area contributed by atoms with Gasteiger partial charge in [0.2, 0.25) is 0 Å². The number of rotatable bonds is 3. The van der Waals surface area contributed by atoms with Gasteiger partial charge in [0.1, 0.15) is 0 Å². The summed E-state index contributed by atoms with van der Waals surface area (Å²) in [7, 11) is 0. The van der Waals surface area contributed by atoms with Gasteiger partial charge in [-0.05, 0) is 5.92 Å². The van der Waals surface area contributed by atoms with Crippen molar-refractivity contribution < 1.29 is 18.3 Å². The van der Waals surface area contributed by atoms with Gasteiger partial charge in [-0.25, -0.2) is 0 Å². The first-order valence-corrected chi connectivity index (χ1v) is 5.18. The van der Waals surface area contributed by atoms with Crippen LogP contribution in [0.3, 0.4) is 0 Å². The van der Waals surface area contributed by atoms with Crippen LogP contribution in [0.5, 0.6) is 0 Å². The molecule has 0 saturated carbocycles. The van der Waals surface area contributed by atoms with Gasteiger partial charge in [-0.15, -0.1) is 0 Å². The maximum atomic E-state index is 13.4. The molecule has 0 bridgehead atoms. The largest absolute Gasteiger partial charge is 0.378 e. The zero-order valence-corrected chi connectivity index (χ0v) is 9.13. The molecule has 0 unspecified atom stereocenters. The van der Waals surface area contributed by atoms with Crippen molar-refractivity contribution in [2.75, 3.05) is 26.3 Å². The van der Waals surface area contributed by atoms with Crippen molar-refractivity contribution in [2.24, 2.45) is 5.92 Å². The second-order valence-electron chi connectivity index (χ2n) is 4.21. The van der Waals surface area contributed by atoms with Crippen LogP contribution in [-0.2, 0) is 9.53 Å². The predicted octanol–water partition coefficient (Wildman–Crippen LogP) is 1.53. The number of amides is 1. The maximum Gasteiger partial charge on any atom is 0.325 e. The summed E-state index contributed by atoms with van der Waals surface area (Å²) in [6.07, 6.45) is -0.386. The average molecular weight is 221 g/mol. The van der Waals surface area contributed by atoms with E-state index in [0.29, 0.717) is 13.2 Å². The first-order chi connectivity index (χ1) is 6.93. The number of alkyl halides is 2. The maximum absolute atomic E-state index is 13.4. The summed E-state index contributed by atoms with van der Waals surface area (Å²) in [5.74, 6) is -4.48. The van der Waals surface area contributed by atoms with Gasteiger partial charge in [0, 0.05) is 19.5 Å². The number of halogens is 2. The molecule has 0 aliphatic carbocycles. The highest BCUT2D eigenvalue weighted by molar-refractivity contribution is 5.83. The molecule has 15 heavy (non-hydrogen) atoms. The zero-order chi connectivity index (χ0) is 11.5. The molecule has 0 aromatic rings. The van der Waals surface area contributed by atoms with E-state index < -0.39 is 11.8 Å². The molecule has 5 heteroatoms. The van der Waals surface area contributed by atoms with Gasteiger partial charge >= 0.3 is 5.92 Å². The van der Waals surface area contributed by atoms with Crippen LogP contribution in [0.25, 0.3) is 0 Å². The fraction of sp³-hybridized carbons (Fsp3) is 0.900. The highest BCUT2D eigenvalue weighted by atomic mass is 19.3.